The van der Waals surface area contributed by atoms with Gasteiger partial charge in [0.15, 0.2) is 0 Å². The highest BCUT2D eigenvalue weighted by molar-refractivity contribution is 9.10. The number of benzene rings is 2. The van der Waals surface area contributed by atoms with Crippen LogP contribution in [0.3, 0.4) is 0 Å². The van der Waals surface area contributed by atoms with Crippen LogP contribution in [0.5, 0.6) is 0 Å². The van der Waals surface area contributed by atoms with Crippen LogP contribution in [0.4, 0.5) is 0 Å². The molecule has 0 aromatic heterocycles. The largest absolute Gasteiger partial charge is 0.374 e. The molecule has 0 radical (unpaired) electrons. The summed E-state index contributed by atoms with van der Waals surface area (Å²) in [6, 6.07) is 18.7. The van der Waals surface area contributed by atoms with Crippen LogP contribution in [0.2, 0.25) is 0 Å². The quantitative estimate of drug-likeness (QED) is 0.648. The van der Waals surface area contributed by atoms with Gasteiger partial charge in [-0.05, 0) is 36.5 Å². The number of rotatable bonds is 6. The van der Waals surface area contributed by atoms with E-state index >= 15 is 0 Å². The molecule has 2 unspecified atom stereocenters. The predicted octanol–water partition coefficient (Wildman–Crippen LogP) is 5.67. The van der Waals surface area contributed by atoms with Crippen molar-refractivity contribution in [2.45, 2.75) is 44.5 Å². The Balaban J connectivity index is 1.59. The minimum Gasteiger partial charge on any atom is -0.374 e. The minimum absolute atomic E-state index is 0.151. The van der Waals surface area contributed by atoms with Crippen LogP contribution in [0.25, 0.3) is 0 Å². The second-order valence-corrected chi connectivity index (χ2v) is 7.03. The van der Waals surface area contributed by atoms with Crippen molar-refractivity contribution in [1.82, 2.24) is 0 Å². The zero-order valence-electron chi connectivity index (χ0n) is 13.5. The lowest BCUT2D eigenvalue weighted by atomic mass is 9.97. The first-order chi connectivity index (χ1) is 11.2. The highest BCUT2D eigenvalue weighted by atomic mass is 79.9. The summed E-state index contributed by atoms with van der Waals surface area (Å²) >= 11 is 3.57. The molecular formula is C20H23BrO2. The molecule has 0 N–H and O–H groups in total. The Bertz CT molecular complexity index is 629. The second-order valence-electron chi connectivity index (χ2n) is 6.18. The molecule has 1 heterocycles. The van der Waals surface area contributed by atoms with Crippen LogP contribution in [-0.2, 0) is 16.1 Å². The van der Waals surface area contributed by atoms with Crippen molar-refractivity contribution in [3.05, 3.63) is 70.2 Å². The van der Waals surface area contributed by atoms with Crippen LogP contribution in [-0.4, -0.2) is 12.2 Å². The molecule has 1 aliphatic heterocycles. The fourth-order valence-corrected chi connectivity index (χ4v) is 3.55. The summed E-state index contributed by atoms with van der Waals surface area (Å²) in [5.74, 6) is 0. The molecule has 2 aromatic carbocycles. The number of ether oxygens (including phenoxy) is 2. The summed E-state index contributed by atoms with van der Waals surface area (Å²) in [4.78, 5) is 0. The molecule has 0 amide bonds. The highest BCUT2D eigenvalue weighted by Crippen LogP contribution is 2.41. The first kappa shape index (κ1) is 16.7. The lowest BCUT2D eigenvalue weighted by Gasteiger charge is -2.28. The van der Waals surface area contributed by atoms with Crippen LogP contribution < -0.4 is 0 Å². The Labute approximate surface area is 146 Å². The third-order valence-corrected chi connectivity index (χ3v) is 5.42. The maximum Gasteiger partial charge on any atom is 0.0921 e. The van der Waals surface area contributed by atoms with Gasteiger partial charge in [-0.3, -0.25) is 0 Å². The average Bonchev–Trinajstić information content (AvgIpc) is 3.03. The Morgan fingerprint density at radius 1 is 1.13 bits per heavy atom. The van der Waals surface area contributed by atoms with Gasteiger partial charge in [0.25, 0.3) is 0 Å². The predicted molar refractivity (Wildman–Crippen MR) is 96.3 cm³/mol. The Morgan fingerprint density at radius 2 is 1.87 bits per heavy atom. The molecule has 3 heteroatoms. The van der Waals surface area contributed by atoms with Crippen LogP contribution in [0.1, 0.15) is 43.4 Å². The Kier molecular flexibility index (Phi) is 5.52. The smallest absolute Gasteiger partial charge is 0.0921 e. The molecule has 1 fully saturated rings. The van der Waals surface area contributed by atoms with Crippen molar-refractivity contribution >= 4 is 15.9 Å². The molecule has 3 rings (SSSR count). The van der Waals surface area contributed by atoms with E-state index in [9.17, 15) is 0 Å². The van der Waals surface area contributed by atoms with Gasteiger partial charge in [0.1, 0.15) is 0 Å². The Morgan fingerprint density at radius 3 is 2.61 bits per heavy atom. The van der Waals surface area contributed by atoms with E-state index in [1.165, 1.54) is 11.1 Å². The summed E-state index contributed by atoms with van der Waals surface area (Å²) in [5.41, 5.74) is 2.30. The maximum atomic E-state index is 6.42. The molecule has 1 aliphatic rings. The van der Waals surface area contributed by atoms with Crippen molar-refractivity contribution in [2.24, 2.45) is 0 Å². The number of hydrogen-bond acceptors (Lipinski definition) is 2. The molecule has 2 aromatic rings. The van der Waals surface area contributed by atoms with E-state index < -0.39 is 0 Å². The summed E-state index contributed by atoms with van der Waals surface area (Å²) in [6.07, 6.45) is 3.30. The SMILES string of the molecule is CCC1(COCc2ccccc2Br)CCC(c2ccccc2)O1. The van der Waals surface area contributed by atoms with Gasteiger partial charge in [0.2, 0.25) is 0 Å². The fourth-order valence-electron chi connectivity index (χ4n) is 3.15. The third-order valence-electron chi connectivity index (χ3n) is 4.65. The Hall–Kier alpha value is -1.16. The molecule has 0 saturated carbocycles. The monoisotopic (exact) mass is 374 g/mol. The fraction of sp³-hybridized carbons (Fsp3) is 0.400. The van der Waals surface area contributed by atoms with E-state index in [0.717, 1.165) is 23.7 Å². The molecule has 1 saturated heterocycles. The van der Waals surface area contributed by atoms with Gasteiger partial charge in [-0.15, -0.1) is 0 Å². The van der Waals surface area contributed by atoms with Gasteiger partial charge < -0.3 is 9.47 Å². The van der Waals surface area contributed by atoms with Crippen molar-refractivity contribution in [3.8, 4) is 0 Å². The van der Waals surface area contributed by atoms with E-state index in [1.807, 2.05) is 24.3 Å². The molecule has 0 aliphatic carbocycles. The summed E-state index contributed by atoms with van der Waals surface area (Å²) in [5, 5.41) is 0. The molecule has 2 atom stereocenters. The zero-order chi connectivity index (χ0) is 16.1. The zero-order valence-corrected chi connectivity index (χ0v) is 15.1. The van der Waals surface area contributed by atoms with E-state index in [1.54, 1.807) is 0 Å². The summed E-state index contributed by atoms with van der Waals surface area (Å²) in [7, 11) is 0. The van der Waals surface area contributed by atoms with E-state index in [-0.39, 0.29) is 11.7 Å². The van der Waals surface area contributed by atoms with Gasteiger partial charge in [-0.2, -0.15) is 0 Å². The lowest BCUT2D eigenvalue weighted by molar-refractivity contribution is -0.0979. The lowest BCUT2D eigenvalue weighted by Crippen LogP contribution is -2.33. The van der Waals surface area contributed by atoms with Crippen molar-refractivity contribution in [3.63, 3.8) is 0 Å². The first-order valence-electron chi connectivity index (χ1n) is 8.26. The molecule has 23 heavy (non-hydrogen) atoms. The molecule has 122 valence electrons. The van der Waals surface area contributed by atoms with E-state index in [2.05, 4.69) is 53.2 Å². The molecule has 0 spiro atoms. The number of halogens is 1. The van der Waals surface area contributed by atoms with Crippen LogP contribution >= 0.6 is 15.9 Å². The minimum atomic E-state index is -0.151. The first-order valence-corrected chi connectivity index (χ1v) is 9.06. The summed E-state index contributed by atoms with van der Waals surface area (Å²) < 4.78 is 13.5. The summed E-state index contributed by atoms with van der Waals surface area (Å²) in [6.45, 7) is 3.45. The van der Waals surface area contributed by atoms with Crippen LogP contribution in [0.15, 0.2) is 59.1 Å². The molecule has 0 bridgehead atoms. The topological polar surface area (TPSA) is 18.5 Å². The van der Waals surface area contributed by atoms with E-state index in [0.29, 0.717) is 13.2 Å². The third kappa shape index (κ3) is 4.03. The van der Waals surface area contributed by atoms with Gasteiger partial charge in [0, 0.05) is 4.47 Å². The van der Waals surface area contributed by atoms with E-state index in [4.69, 9.17) is 9.47 Å². The van der Waals surface area contributed by atoms with Crippen molar-refractivity contribution in [2.75, 3.05) is 6.61 Å². The average molecular weight is 375 g/mol. The standard InChI is InChI=1S/C20H23BrO2/c1-2-20(15-22-14-17-10-6-7-11-18(17)21)13-12-19(23-20)16-8-4-3-5-9-16/h3-11,19H,2,12-15H2,1H3. The normalized spacial score (nSPS) is 24.0. The van der Waals surface area contributed by atoms with Gasteiger partial charge in [0.05, 0.1) is 24.9 Å². The molecule has 2 nitrogen and oxygen atoms in total. The highest BCUT2D eigenvalue weighted by Gasteiger charge is 2.39. The van der Waals surface area contributed by atoms with Crippen molar-refractivity contribution < 1.29 is 9.47 Å². The van der Waals surface area contributed by atoms with Crippen LogP contribution in [0, 0.1) is 0 Å². The number of hydrogen-bond donors (Lipinski definition) is 0. The van der Waals surface area contributed by atoms with Gasteiger partial charge in [-0.25, -0.2) is 0 Å². The van der Waals surface area contributed by atoms with Gasteiger partial charge in [-0.1, -0.05) is 71.4 Å². The molecular weight excluding hydrogens is 352 g/mol. The second kappa shape index (κ2) is 7.61. The van der Waals surface area contributed by atoms with Gasteiger partial charge >= 0.3 is 0 Å². The van der Waals surface area contributed by atoms with Crippen molar-refractivity contribution in [1.29, 1.82) is 0 Å². The maximum absolute atomic E-state index is 6.42.